The number of aliphatic hydroxyl groups is 1. The smallest absolute Gasteiger partial charge is 0.143 e. The summed E-state index contributed by atoms with van der Waals surface area (Å²) in [6, 6.07) is 5.43. The SMILES string of the molecule is COc1cc(NCC(C)(C)O)ccc1N. The molecule has 0 atom stereocenters. The third-order valence-corrected chi connectivity index (χ3v) is 1.96. The Balaban J connectivity index is 2.70. The molecule has 0 saturated heterocycles. The van der Waals surface area contributed by atoms with Gasteiger partial charge in [-0.05, 0) is 26.0 Å². The lowest BCUT2D eigenvalue weighted by Crippen LogP contribution is -2.29. The zero-order valence-electron chi connectivity index (χ0n) is 9.37. The molecule has 0 aliphatic rings. The summed E-state index contributed by atoms with van der Waals surface area (Å²) in [6.45, 7) is 3.96. The molecule has 1 aromatic rings. The highest BCUT2D eigenvalue weighted by atomic mass is 16.5. The molecule has 4 nitrogen and oxygen atoms in total. The molecule has 0 aliphatic heterocycles. The summed E-state index contributed by atoms with van der Waals surface area (Å²) in [5.74, 6) is 0.635. The molecule has 0 radical (unpaired) electrons. The van der Waals surface area contributed by atoms with Gasteiger partial charge in [-0.15, -0.1) is 0 Å². The van der Waals surface area contributed by atoms with Crippen LogP contribution in [0.15, 0.2) is 18.2 Å². The minimum Gasteiger partial charge on any atom is -0.495 e. The lowest BCUT2D eigenvalue weighted by molar-refractivity contribution is 0.0945. The fraction of sp³-hybridized carbons (Fsp3) is 0.455. The molecule has 0 saturated carbocycles. The van der Waals surface area contributed by atoms with E-state index in [0.29, 0.717) is 18.0 Å². The molecular weight excluding hydrogens is 192 g/mol. The summed E-state index contributed by atoms with van der Waals surface area (Å²) >= 11 is 0. The standard InChI is InChI=1S/C11H18N2O2/c1-11(2,14)7-13-8-4-5-9(12)10(6-8)15-3/h4-6,13-14H,7,12H2,1-3H3. The number of nitrogens with two attached hydrogens (primary N) is 1. The fourth-order valence-electron chi connectivity index (χ4n) is 1.14. The first-order valence-electron chi connectivity index (χ1n) is 4.82. The maximum Gasteiger partial charge on any atom is 0.143 e. The van der Waals surface area contributed by atoms with Gasteiger partial charge in [-0.3, -0.25) is 0 Å². The van der Waals surface area contributed by atoms with Crippen LogP contribution in [0.1, 0.15) is 13.8 Å². The van der Waals surface area contributed by atoms with Crippen LogP contribution in [0, 0.1) is 0 Å². The minimum absolute atomic E-state index is 0.472. The van der Waals surface area contributed by atoms with Gasteiger partial charge in [0.15, 0.2) is 0 Å². The first-order chi connectivity index (χ1) is 6.92. The third-order valence-electron chi connectivity index (χ3n) is 1.96. The maximum absolute atomic E-state index is 9.54. The Morgan fingerprint density at radius 2 is 2.13 bits per heavy atom. The molecule has 84 valence electrons. The fourth-order valence-corrected chi connectivity index (χ4v) is 1.14. The van der Waals surface area contributed by atoms with Crippen LogP contribution in [0.5, 0.6) is 5.75 Å². The second-order valence-corrected chi connectivity index (χ2v) is 4.12. The number of hydrogen-bond donors (Lipinski definition) is 3. The normalized spacial score (nSPS) is 11.2. The molecule has 4 N–H and O–H groups in total. The Morgan fingerprint density at radius 1 is 1.47 bits per heavy atom. The quantitative estimate of drug-likeness (QED) is 0.658. The van der Waals surface area contributed by atoms with Crippen LogP contribution in [0.2, 0.25) is 0 Å². The van der Waals surface area contributed by atoms with Crippen LogP contribution in [0.4, 0.5) is 11.4 Å². The van der Waals surface area contributed by atoms with Crippen LogP contribution in [-0.4, -0.2) is 24.4 Å². The minimum atomic E-state index is -0.741. The highest BCUT2D eigenvalue weighted by molar-refractivity contribution is 5.61. The maximum atomic E-state index is 9.54. The Labute approximate surface area is 90.1 Å². The largest absolute Gasteiger partial charge is 0.495 e. The highest BCUT2D eigenvalue weighted by Gasteiger charge is 2.11. The van der Waals surface area contributed by atoms with Gasteiger partial charge >= 0.3 is 0 Å². The van der Waals surface area contributed by atoms with Crippen LogP contribution in [0.3, 0.4) is 0 Å². The Kier molecular flexibility index (Phi) is 3.42. The number of rotatable bonds is 4. The molecule has 0 amide bonds. The van der Waals surface area contributed by atoms with E-state index in [0.717, 1.165) is 5.69 Å². The second-order valence-electron chi connectivity index (χ2n) is 4.12. The van der Waals surface area contributed by atoms with Gasteiger partial charge in [0.1, 0.15) is 5.75 Å². The average Bonchev–Trinajstić information content (AvgIpc) is 2.15. The van der Waals surface area contributed by atoms with Gasteiger partial charge in [-0.1, -0.05) is 0 Å². The van der Waals surface area contributed by atoms with Crippen molar-refractivity contribution in [3.63, 3.8) is 0 Å². The first-order valence-corrected chi connectivity index (χ1v) is 4.82. The summed E-state index contributed by atoms with van der Waals surface area (Å²) < 4.78 is 5.09. The molecular formula is C11H18N2O2. The number of benzene rings is 1. The van der Waals surface area contributed by atoms with E-state index in [1.54, 1.807) is 33.1 Å². The highest BCUT2D eigenvalue weighted by Crippen LogP contribution is 2.25. The zero-order valence-corrected chi connectivity index (χ0v) is 9.37. The Morgan fingerprint density at radius 3 is 2.67 bits per heavy atom. The van der Waals surface area contributed by atoms with Crippen molar-refractivity contribution in [3.8, 4) is 5.75 Å². The summed E-state index contributed by atoms with van der Waals surface area (Å²) in [5, 5.41) is 12.6. The molecule has 15 heavy (non-hydrogen) atoms. The lowest BCUT2D eigenvalue weighted by atomic mass is 10.1. The van der Waals surface area contributed by atoms with Crippen molar-refractivity contribution in [2.24, 2.45) is 0 Å². The predicted molar refractivity (Wildman–Crippen MR) is 62.2 cm³/mol. The number of nitrogen functional groups attached to an aromatic ring is 1. The number of anilines is 2. The number of methoxy groups -OCH3 is 1. The van der Waals surface area contributed by atoms with E-state index in [1.807, 2.05) is 6.07 Å². The molecule has 4 heteroatoms. The van der Waals surface area contributed by atoms with E-state index in [-0.39, 0.29) is 0 Å². The molecule has 0 unspecified atom stereocenters. The second kappa shape index (κ2) is 4.40. The molecule has 0 bridgehead atoms. The summed E-state index contributed by atoms with van der Waals surface area (Å²) in [7, 11) is 1.57. The molecule has 0 heterocycles. The summed E-state index contributed by atoms with van der Waals surface area (Å²) in [5.41, 5.74) is 6.42. The summed E-state index contributed by atoms with van der Waals surface area (Å²) in [6.07, 6.45) is 0. The van der Waals surface area contributed by atoms with E-state index >= 15 is 0 Å². The molecule has 1 aromatic carbocycles. The lowest BCUT2D eigenvalue weighted by Gasteiger charge is -2.19. The molecule has 1 rings (SSSR count). The van der Waals surface area contributed by atoms with Crippen molar-refractivity contribution in [2.45, 2.75) is 19.4 Å². The van der Waals surface area contributed by atoms with Crippen molar-refractivity contribution in [2.75, 3.05) is 24.7 Å². The van der Waals surface area contributed by atoms with Crippen LogP contribution in [0.25, 0.3) is 0 Å². The number of hydrogen-bond acceptors (Lipinski definition) is 4. The zero-order chi connectivity index (χ0) is 11.5. The van der Waals surface area contributed by atoms with Gasteiger partial charge in [0.25, 0.3) is 0 Å². The number of ether oxygens (including phenoxy) is 1. The molecule has 0 fully saturated rings. The Hall–Kier alpha value is -1.42. The predicted octanol–water partition coefficient (Wildman–Crippen LogP) is 1.46. The van der Waals surface area contributed by atoms with E-state index in [2.05, 4.69) is 5.32 Å². The van der Waals surface area contributed by atoms with Crippen LogP contribution >= 0.6 is 0 Å². The molecule has 0 aliphatic carbocycles. The van der Waals surface area contributed by atoms with Gasteiger partial charge in [0, 0.05) is 18.3 Å². The molecule has 0 aromatic heterocycles. The van der Waals surface area contributed by atoms with Crippen LogP contribution in [-0.2, 0) is 0 Å². The van der Waals surface area contributed by atoms with Crippen molar-refractivity contribution < 1.29 is 9.84 Å². The average molecular weight is 210 g/mol. The van der Waals surface area contributed by atoms with Gasteiger partial charge in [0.2, 0.25) is 0 Å². The van der Waals surface area contributed by atoms with E-state index in [4.69, 9.17) is 10.5 Å². The Bertz CT molecular complexity index is 332. The molecule has 0 spiro atoms. The van der Waals surface area contributed by atoms with E-state index < -0.39 is 5.60 Å². The van der Waals surface area contributed by atoms with Gasteiger partial charge in [0.05, 0.1) is 18.4 Å². The van der Waals surface area contributed by atoms with E-state index in [9.17, 15) is 5.11 Å². The van der Waals surface area contributed by atoms with Crippen LogP contribution < -0.4 is 15.8 Å². The number of nitrogens with one attached hydrogen (secondary N) is 1. The topological polar surface area (TPSA) is 67.5 Å². The van der Waals surface area contributed by atoms with Crippen molar-refractivity contribution in [3.05, 3.63) is 18.2 Å². The third kappa shape index (κ3) is 3.67. The first kappa shape index (κ1) is 11.7. The van der Waals surface area contributed by atoms with E-state index in [1.165, 1.54) is 0 Å². The summed E-state index contributed by atoms with van der Waals surface area (Å²) in [4.78, 5) is 0. The van der Waals surface area contributed by atoms with Gasteiger partial charge in [-0.2, -0.15) is 0 Å². The van der Waals surface area contributed by atoms with Crippen molar-refractivity contribution in [1.29, 1.82) is 0 Å². The van der Waals surface area contributed by atoms with Gasteiger partial charge in [-0.25, -0.2) is 0 Å². The monoisotopic (exact) mass is 210 g/mol. The van der Waals surface area contributed by atoms with Crippen molar-refractivity contribution in [1.82, 2.24) is 0 Å². The van der Waals surface area contributed by atoms with Crippen molar-refractivity contribution >= 4 is 11.4 Å². The van der Waals surface area contributed by atoms with Gasteiger partial charge < -0.3 is 20.9 Å².